The normalized spacial score (nSPS) is 21.0. The Kier molecular flexibility index (Phi) is 4.32. The zero-order valence-electron chi connectivity index (χ0n) is 12.3. The van der Waals surface area contributed by atoms with Gasteiger partial charge in [-0.05, 0) is 42.7 Å². The lowest BCUT2D eigenvalue weighted by Gasteiger charge is -2.15. The van der Waals surface area contributed by atoms with Gasteiger partial charge in [0.15, 0.2) is 0 Å². The fourth-order valence-electron chi connectivity index (χ4n) is 3.29. The Balaban J connectivity index is 1.90. The number of azide groups is 1. The summed E-state index contributed by atoms with van der Waals surface area (Å²) in [6, 6.07) is 2.32. The van der Waals surface area contributed by atoms with Gasteiger partial charge in [-0.1, -0.05) is 11.5 Å². The minimum Gasteiger partial charge on any atom is -0.302 e. The van der Waals surface area contributed by atoms with Crippen molar-refractivity contribution in [3.8, 4) is 6.07 Å². The maximum absolute atomic E-state index is 12.3. The Bertz CT molecular complexity index is 683. The van der Waals surface area contributed by atoms with E-state index in [1.54, 1.807) is 16.2 Å². The summed E-state index contributed by atoms with van der Waals surface area (Å²) in [5.74, 6) is 0.0860. The van der Waals surface area contributed by atoms with Crippen LogP contribution in [-0.2, 0) is 17.6 Å². The summed E-state index contributed by atoms with van der Waals surface area (Å²) >= 11 is 1.61. The average molecular weight is 315 g/mol. The zero-order chi connectivity index (χ0) is 15.5. The van der Waals surface area contributed by atoms with Crippen molar-refractivity contribution in [1.82, 2.24) is 0 Å². The molecule has 1 aromatic rings. The third-order valence-electron chi connectivity index (χ3n) is 4.37. The maximum atomic E-state index is 12.3. The molecule has 0 spiro atoms. The highest BCUT2D eigenvalue weighted by atomic mass is 32.1. The first-order chi connectivity index (χ1) is 10.7. The van der Waals surface area contributed by atoms with Crippen LogP contribution in [0.25, 0.3) is 10.4 Å². The Morgan fingerprint density at radius 2 is 2.23 bits per heavy atom. The molecule has 2 heterocycles. The number of fused-ring (bicyclic) bond motifs is 1. The van der Waals surface area contributed by atoms with Crippen molar-refractivity contribution in [3.63, 3.8) is 0 Å². The first kappa shape index (κ1) is 14.9. The summed E-state index contributed by atoms with van der Waals surface area (Å²) in [4.78, 5) is 18.1. The topological polar surface area (TPSA) is 92.9 Å². The molecule has 1 aliphatic heterocycles. The number of anilines is 1. The summed E-state index contributed by atoms with van der Waals surface area (Å²) in [5, 5.41) is 13.9. The highest BCUT2D eigenvalue weighted by Crippen LogP contribution is 2.41. The summed E-state index contributed by atoms with van der Waals surface area (Å²) < 4.78 is 0. The fourth-order valence-corrected chi connectivity index (χ4v) is 4.65. The number of amides is 1. The molecule has 1 aliphatic carbocycles. The number of carbonyl (C=O) groups excluding carboxylic acids is 1. The molecule has 1 aromatic heterocycles. The van der Waals surface area contributed by atoms with Crippen molar-refractivity contribution in [2.75, 3.05) is 18.0 Å². The van der Waals surface area contributed by atoms with E-state index in [-0.39, 0.29) is 11.8 Å². The summed E-state index contributed by atoms with van der Waals surface area (Å²) in [6.45, 7) is 0.887. The van der Waals surface area contributed by atoms with Gasteiger partial charge in [0.25, 0.3) is 0 Å². The number of hydrogen-bond donors (Lipinski definition) is 0. The van der Waals surface area contributed by atoms with Gasteiger partial charge in [-0.2, -0.15) is 5.26 Å². The smallest absolute Gasteiger partial charge is 0.227 e. The number of aryl methyl sites for hydroxylation is 1. The lowest BCUT2D eigenvalue weighted by atomic mass is 10.1. The molecule has 1 fully saturated rings. The lowest BCUT2D eigenvalue weighted by Crippen LogP contribution is -2.24. The van der Waals surface area contributed by atoms with Crippen molar-refractivity contribution >= 4 is 22.2 Å². The largest absolute Gasteiger partial charge is 0.302 e. The molecule has 7 heteroatoms. The molecule has 0 aromatic carbocycles. The summed E-state index contributed by atoms with van der Waals surface area (Å²) in [5.41, 5.74) is 10.3. The van der Waals surface area contributed by atoms with Gasteiger partial charge in [0.1, 0.15) is 11.1 Å². The van der Waals surface area contributed by atoms with Crippen LogP contribution in [0.5, 0.6) is 0 Å². The molecule has 0 saturated carbocycles. The fraction of sp³-hybridized carbons (Fsp3) is 0.600. The molecule has 114 valence electrons. The second-order valence-electron chi connectivity index (χ2n) is 5.84. The third kappa shape index (κ3) is 2.68. The molecule has 6 nitrogen and oxygen atoms in total. The van der Waals surface area contributed by atoms with Gasteiger partial charge < -0.3 is 4.90 Å². The van der Waals surface area contributed by atoms with E-state index in [4.69, 9.17) is 5.53 Å². The summed E-state index contributed by atoms with van der Waals surface area (Å²) in [6.07, 6.45) is 5.83. The van der Waals surface area contributed by atoms with E-state index in [2.05, 4.69) is 16.1 Å². The molecule has 1 amide bonds. The van der Waals surface area contributed by atoms with E-state index < -0.39 is 0 Å². The molecule has 1 saturated heterocycles. The van der Waals surface area contributed by atoms with Gasteiger partial charge in [-0.15, -0.1) is 11.3 Å². The number of carbonyl (C=O) groups is 1. The van der Waals surface area contributed by atoms with Crippen molar-refractivity contribution in [2.24, 2.45) is 11.0 Å². The van der Waals surface area contributed by atoms with Crippen LogP contribution in [-0.4, -0.2) is 19.0 Å². The predicted octanol–water partition coefficient (Wildman–Crippen LogP) is 3.55. The average Bonchev–Trinajstić information content (AvgIpc) is 2.96. The summed E-state index contributed by atoms with van der Waals surface area (Å²) in [7, 11) is 0. The molecule has 0 bridgehead atoms. The Hall–Kier alpha value is -2.03. The molecule has 1 atom stereocenters. The van der Waals surface area contributed by atoms with Gasteiger partial charge >= 0.3 is 0 Å². The first-order valence-corrected chi connectivity index (χ1v) is 8.42. The van der Waals surface area contributed by atoms with Crippen LogP contribution >= 0.6 is 11.3 Å². The highest BCUT2D eigenvalue weighted by Gasteiger charge is 2.34. The van der Waals surface area contributed by atoms with Crippen molar-refractivity contribution in [3.05, 3.63) is 26.4 Å². The van der Waals surface area contributed by atoms with E-state index in [0.29, 0.717) is 25.1 Å². The van der Waals surface area contributed by atoms with Crippen LogP contribution in [0.15, 0.2) is 5.11 Å². The van der Waals surface area contributed by atoms with E-state index in [1.807, 2.05) is 0 Å². The van der Waals surface area contributed by atoms with E-state index in [1.165, 1.54) is 11.3 Å². The van der Waals surface area contributed by atoms with Gasteiger partial charge in [-0.3, -0.25) is 4.79 Å². The van der Waals surface area contributed by atoms with Gasteiger partial charge in [-0.25, -0.2) is 0 Å². The van der Waals surface area contributed by atoms with Gasteiger partial charge in [0.05, 0.1) is 5.56 Å². The number of hydrogen-bond acceptors (Lipinski definition) is 4. The molecule has 1 unspecified atom stereocenters. The molecule has 3 rings (SSSR count). The van der Waals surface area contributed by atoms with E-state index >= 15 is 0 Å². The van der Waals surface area contributed by atoms with E-state index in [0.717, 1.165) is 36.2 Å². The minimum atomic E-state index is 0.0334. The zero-order valence-corrected chi connectivity index (χ0v) is 13.1. The Morgan fingerprint density at radius 3 is 3.00 bits per heavy atom. The molecule has 22 heavy (non-hydrogen) atoms. The number of thiophene rings is 1. The molecular formula is C15H17N5OS. The molecule has 2 aliphatic rings. The maximum Gasteiger partial charge on any atom is 0.227 e. The number of nitrogens with zero attached hydrogens (tertiary/aromatic N) is 5. The second-order valence-corrected chi connectivity index (χ2v) is 6.93. The number of rotatable bonds is 3. The Morgan fingerprint density at radius 1 is 1.41 bits per heavy atom. The quantitative estimate of drug-likeness (QED) is 0.369. The Labute approximate surface area is 133 Å². The predicted molar refractivity (Wildman–Crippen MR) is 84.8 cm³/mol. The van der Waals surface area contributed by atoms with Crippen molar-refractivity contribution in [1.29, 1.82) is 5.26 Å². The van der Waals surface area contributed by atoms with Crippen LogP contribution in [0.3, 0.4) is 0 Å². The highest BCUT2D eigenvalue weighted by molar-refractivity contribution is 7.16. The minimum absolute atomic E-state index is 0.0334. The van der Waals surface area contributed by atoms with Crippen molar-refractivity contribution in [2.45, 2.75) is 38.5 Å². The molecule has 0 radical (unpaired) electrons. The van der Waals surface area contributed by atoms with E-state index in [9.17, 15) is 10.1 Å². The standard InChI is InChI=1S/C15H17N5OS/c16-7-12-11-4-2-1-3-5-13(11)22-15(12)20-9-10(6-14(20)21)8-18-19-17/h10H,1-6,8-9H2. The van der Waals surface area contributed by atoms with Crippen LogP contribution in [0, 0.1) is 17.2 Å². The molecule has 0 N–H and O–H groups in total. The second kappa shape index (κ2) is 6.39. The van der Waals surface area contributed by atoms with Crippen LogP contribution < -0.4 is 4.90 Å². The van der Waals surface area contributed by atoms with Crippen molar-refractivity contribution < 1.29 is 4.79 Å². The third-order valence-corrected chi connectivity index (χ3v) is 5.68. The monoisotopic (exact) mass is 315 g/mol. The van der Waals surface area contributed by atoms with Crippen LogP contribution in [0.2, 0.25) is 0 Å². The SMILES string of the molecule is N#Cc1c(N2CC(CN=[N+]=[N-])CC2=O)sc2c1CCCCC2. The number of nitriles is 1. The van der Waals surface area contributed by atoms with Crippen LogP contribution in [0.4, 0.5) is 5.00 Å². The van der Waals surface area contributed by atoms with Gasteiger partial charge in [0, 0.05) is 29.3 Å². The first-order valence-electron chi connectivity index (χ1n) is 7.60. The van der Waals surface area contributed by atoms with Crippen LogP contribution in [0.1, 0.15) is 41.7 Å². The lowest BCUT2D eigenvalue weighted by molar-refractivity contribution is -0.117. The van der Waals surface area contributed by atoms with Gasteiger partial charge in [0.2, 0.25) is 5.91 Å². The molecular weight excluding hydrogens is 298 g/mol.